The van der Waals surface area contributed by atoms with Gasteiger partial charge in [0.25, 0.3) is 0 Å². The molecule has 2 heterocycles. The summed E-state index contributed by atoms with van der Waals surface area (Å²) in [6.45, 7) is 10.2. The highest BCUT2D eigenvalue weighted by atomic mass is 19.1. The summed E-state index contributed by atoms with van der Waals surface area (Å²) in [4.78, 5) is 16.9. The molecule has 1 N–H and O–H groups in total. The molecule has 1 spiro atoms. The molecule has 0 bridgehead atoms. The van der Waals surface area contributed by atoms with Crippen molar-refractivity contribution in [2.24, 2.45) is 5.41 Å². The van der Waals surface area contributed by atoms with Crippen LogP contribution in [0.5, 0.6) is 0 Å². The standard InChI is InChI=1S/C21H32FN3O/c1-17(2)23-20(26)8-12-24-13-10-21(15-24)9-3-11-25(16-21)14-18-4-6-19(22)7-5-18/h4-7,17H,3,8-16H2,1-2H3,(H,23,26). The molecule has 2 aliphatic heterocycles. The zero-order valence-corrected chi connectivity index (χ0v) is 16.1. The van der Waals surface area contributed by atoms with Crippen LogP contribution in [0, 0.1) is 11.2 Å². The van der Waals surface area contributed by atoms with Crippen LogP contribution >= 0.6 is 0 Å². The Kier molecular flexibility index (Phi) is 6.30. The van der Waals surface area contributed by atoms with E-state index >= 15 is 0 Å². The van der Waals surface area contributed by atoms with E-state index in [1.807, 2.05) is 26.0 Å². The molecule has 0 aromatic heterocycles. The van der Waals surface area contributed by atoms with E-state index in [1.165, 1.54) is 24.8 Å². The quantitative estimate of drug-likeness (QED) is 0.846. The molecule has 26 heavy (non-hydrogen) atoms. The predicted octanol–water partition coefficient (Wildman–Crippen LogP) is 3.03. The summed E-state index contributed by atoms with van der Waals surface area (Å²) in [6, 6.07) is 7.10. The number of carbonyl (C=O) groups is 1. The molecule has 2 fully saturated rings. The molecule has 0 aliphatic carbocycles. The van der Waals surface area contributed by atoms with Crippen LogP contribution in [0.3, 0.4) is 0 Å². The van der Waals surface area contributed by atoms with Crippen LogP contribution < -0.4 is 5.32 Å². The predicted molar refractivity (Wildman–Crippen MR) is 102 cm³/mol. The largest absolute Gasteiger partial charge is 0.354 e. The van der Waals surface area contributed by atoms with Crippen LogP contribution in [0.4, 0.5) is 4.39 Å². The molecule has 1 aromatic carbocycles. The van der Waals surface area contributed by atoms with Crippen molar-refractivity contribution in [2.75, 3.05) is 32.7 Å². The minimum Gasteiger partial charge on any atom is -0.354 e. The first-order valence-electron chi connectivity index (χ1n) is 9.93. The van der Waals surface area contributed by atoms with Gasteiger partial charge >= 0.3 is 0 Å². The van der Waals surface area contributed by atoms with Gasteiger partial charge in [-0.25, -0.2) is 4.39 Å². The average Bonchev–Trinajstić information content (AvgIpc) is 2.97. The number of nitrogens with one attached hydrogen (secondary N) is 1. The van der Waals surface area contributed by atoms with Crippen molar-refractivity contribution in [1.82, 2.24) is 15.1 Å². The highest BCUT2D eigenvalue weighted by Crippen LogP contribution is 2.39. The van der Waals surface area contributed by atoms with Crippen molar-refractivity contribution in [1.29, 1.82) is 0 Å². The van der Waals surface area contributed by atoms with Crippen molar-refractivity contribution in [3.8, 4) is 0 Å². The minimum absolute atomic E-state index is 0.155. The van der Waals surface area contributed by atoms with Crippen LogP contribution in [0.1, 0.15) is 45.1 Å². The van der Waals surface area contributed by atoms with Gasteiger partial charge in [0.15, 0.2) is 0 Å². The van der Waals surface area contributed by atoms with Gasteiger partial charge in [-0.1, -0.05) is 12.1 Å². The van der Waals surface area contributed by atoms with Gasteiger partial charge in [0.05, 0.1) is 0 Å². The maximum absolute atomic E-state index is 13.1. The van der Waals surface area contributed by atoms with Gasteiger partial charge in [-0.2, -0.15) is 0 Å². The van der Waals surface area contributed by atoms with Crippen LogP contribution in [0.2, 0.25) is 0 Å². The second-order valence-electron chi connectivity index (χ2n) is 8.44. The summed E-state index contributed by atoms with van der Waals surface area (Å²) in [5.41, 5.74) is 1.55. The maximum Gasteiger partial charge on any atom is 0.221 e. The molecular formula is C21H32FN3O. The third-order valence-electron chi connectivity index (χ3n) is 5.68. The second-order valence-corrected chi connectivity index (χ2v) is 8.44. The molecule has 2 saturated heterocycles. The van der Waals surface area contributed by atoms with E-state index in [4.69, 9.17) is 0 Å². The number of likely N-dealkylation sites (tertiary alicyclic amines) is 2. The molecule has 0 saturated carbocycles. The first-order valence-corrected chi connectivity index (χ1v) is 9.93. The molecule has 1 aromatic rings. The summed E-state index contributed by atoms with van der Waals surface area (Å²) >= 11 is 0. The lowest BCUT2D eigenvalue weighted by atomic mass is 9.79. The third-order valence-corrected chi connectivity index (χ3v) is 5.68. The van der Waals surface area contributed by atoms with Gasteiger partial charge in [0.1, 0.15) is 5.82 Å². The molecule has 1 amide bonds. The van der Waals surface area contributed by atoms with Gasteiger partial charge in [0.2, 0.25) is 5.91 Å². The second kappa shape index (κ2) is 8.49. The Balaban J connectivity index is 1.49. The van der Waals surface area contributed by atoms with Crippen LogP contribution in [0.25, 0.3) is 0 Å². The van der Waals surface area contributed by atoms with Crippen molar-refractivity contribution < 1.29 is 9.18 Å². The van der Waals surface area contributed by atoms with E-state index in [2.05, 4.69) is 15.1 Å². The average molecular weight is 362 g/mol. The molecule has 4 nitrogen and oxygen atoms in total. The summed E-state index contributed by atoms with van der Waals surface area (Å²) < 4.78 is 13.1. The van der Waals surface area contributed by atoms with Gasteiger partial charge in [-0.05, 0) is 69.3 Å². The minimum atomic E-state index is -0.170. The Hall–Kier alpha value is -1.46. The van der Waals surface area contributed by atoms with Gasteiger partial charge < -0.3 is 10.2 Å². The molecule has 2 aliphatic rings. The number of halogens is 1. The fourth-order valence-electron chi connectivity index (χ4n) is 4.50. The molecule has 5 heteroatoms. The number of piperidine rings is 1. The number of carbonyl (C=O) groups excluding carboxylic acids is 1. The van der Waals surface area contributed by atoms with Gasteiger partial charge in [-0.3, -0.25) is 9.69 Å². The Bertz CT molecular complexity index is 604. The number of nitrogens with zero attached hydrogens (tertiary/aromatic N) is 2. The van der Waals surface area contributed by atoms with Gasteiger partial charge in [0, 0.05) is 38.6 Å². The monoisotopic (exact) mass is 361 g/mol. The van der Waals surface area contributed by atoms with E-state index < -0.39 is 0 Å². The molecule has 144 valence electrons. The number of benzene rings is 1. The number of hydrogen-bond donors (Lipinski definition) is 1. The van der Waals surface area contributed by atoms with E-state index in [0.29, 0.717) is 11.8 Å². The molecule has 1 unspecified atom stereocenters. The van der Waals surface area contributed by atoms with Crippen molar-refractivity contribution in [3.63, 3.8) is 0 Å². The Morgan fingerprint density at radius 2 is 1.88 bits per heavy atom. The maximum atomic E-state index is 13.1. The van der Waals surface area contributed by atoms with Crippen LogP contribution in [0.15, 0.2) is 24.3 Å². The Morgan fingerprint density at radius 1 is 1.15 bits per heavy atom. The fraction of sp³-hybridized carbons (Fsp3) is 0.667. The van der Waals surface area contributed by atoms with Crippen molar-refractivity contribution in [3.05, 3.63) is 35.6 Å². The van der Waals surface area contributed by atoms with E-state index in [9.17, 15) is 9.18 Å². The molecule has 0 radical (unpaired) electrons. The van der Waals surface area contributed by atoms with Crippen molar-refractivity contribution >= 4 is 5.91 Å². The zero-order valence-electron chi connectivity index (χ0n) is 16.1. The summed E-state index contributed by atoms with van der Waals surface area (Å²) in [7, 11) is 0. The lowest BCUT2D eigenvalue weighted by Gasteiger charge is -2.40. The fourth-order valence-corrected chi connectivity index (χ4v) is 4.50. The van der Waals surface area contributed by atoms with Gasteiger partial charge in [-0.15, -0.1) is 0 Å². The molecule has 3 rings (SSSR count). The van der Waals surface area contributed by atoms with Crippen LogP contribution in [-0.4, -0.2) is 54.5 Å². The SMILES string of the molecule is CC(C)NC(=O)CCN1CCC2(CCCN(Cc3ccc(F)cc3)C2)C1. The van der Waals surface area contributed by atoms with E-state index in [-0.39, 0.29) is 17.8 Å². The normalized spacial score (nSPS) is 24.5. The number of amides is 1. The highest BCUT2D eigenvalue weighted by Gasteiger charge is 2.41. The Labute approximate surface area is 156 Å². The van der Waals surface area contributed by atoms with E-state index in [1.54, 1.807) is 12.1 Å². The topological polar surface area (TPSA) is 35.6 Å². The first-order chi connectivity index (χ1) is 12.4. The van der Waals surface area contributed by atoms with Crippen LogP contribution in [-0.2, 0) is 11.3 Å². The third kappa shape index (κ3) is 5.27. The zero-order chi connectivity index (χ0) is 18.6. The molecule has 1 atom stereocenters. The first kappa shape index (κ1) is 19.3. The number of hydrogen-bond acceptors (Lipinski definition) is 3. The highest BCUT2D eigenvalue weighted by molar-refractivity contribution is 5.76. The Morgan fingerprint density at radius 3 is 2.62 bits per heavy atom. The summed E-state index contributed by atoms with van der Waals surface area (Å²) in [5, 5.41) is 2.98. The summed E-state index contributed by atoms with van der Waals surface area (Å²) in [6.07, 6.45) is 4.32. The summed E-state index contributed by atoms with van der Waals surface area (Å²) in [5.74, 6) is -0.0145. The lowest BCUT2D eigenvalue weighted by molar-refractivity contribution is -0.121. The molecular weight excluding hydrogens is 329 g/mol. The van der Waals surface area contributed by atoms with Crippen molar-refractivity contribution in [2.45, 2.75) is 52.1 Å². The lowest BCUT2D eigenvalue weighted by Crippen LogP contribution is -2.44. The smallest absolute Gasteiger partial charge is 0.221 e. The number of rotatable bonds is 6. The van der Waals surface area contributed by atoms with E-state index in [0.717, 1.165) is 39.3 Å².